The normalized spacial score (nSPS) is 25.4. The topological polar surface area (TPSA) is 27.1 Å². The fraction of sp³-hybridized carbons (Fsp3) is 0.812. The lowest BCUT2D eigenvalue weighted by molar-refractivity contribution is -0.0913. The van der Waals surface area contributed by atoms with Crippen molar-refractivity contribution in [2.75, 3.05) is 6.61 Å². The molecule has 112 valence electrons. The van der Waals surface area contributed by atoms with Crippen LogP contribution in [0, 0.1) is 3.57 Å². The fourth-order valence-corrected chi connectivity index (χ4v) is 5.04. The first kappa shape index (κ1) is 14.8. The lowest BCUT2D eigenvalue weighted by Crippen LogP contribution is -2.38. The molecule has 2 aliphatic rings. The predicted octanol–water partition coefficient (Wildman–Crippen LogP) is 4.28. The van der Waals surface area contributed by atoms with Crippen molar-refractivity contribution in [2.45, 2.75) is 76.9 Å². The number of ether oxygens (including phenoxy) is 1. The summed E-state index contributed by atoms with van der Waals surface area (Å²) in [5, 5.41) is 4.93. The van der Waals surface area contributed by atoms with Gasteiger partial charge < -0.3 is 4.74 Å². The van der Waals surface area contributed by atoms with Gasteiger partial charge in [-0.1, -0.05) is 26.7 Å². The summed E-state index contributed by atoms with van der Waals surface area (Å²) in [5.74, 6) is 0. The van der Waals surface area contributed by atoms with E-state index in [1.54, 1.807) is 0 Å². The van der Waals surface area contributed by atoms with E-state index in [-0.39, 0.29) is 5.60 Å². The quantitative estimate of drug-likeness (QED) is 0.723. The highest BCUT2D eigenvalue weighted by atomic mass is 127. The first-order chi connectivity index (χ1) is 9.69. The molecular formula is C16H25IN2O. The monoisotopic (exact) mass is 388 g/mol. The minimum Gasteiger partial charge on any atom is -0.375 e. The second kappa shape index (κ2) is 5.95. The van der Waals surface area contributed by atoms with Gasteiger partial charge >= 0.3 is 0 Å². The summed E-state index contributed by atoms with van der Waals surface area (Å²) in [4.78, 5) is 0. The SMILES string of the molecule is CCc1nn(C2CCOC3(CCCC3)C2)c(CC)c1I. The van der Waals surface area contributed by atoms with E-state index < -0.39 is 0 Å². The number of rotatable bonds is 3. The minimum absolute atomic E-state index is 0.178. The van der Waals surface area contributed by atoms with Crippen molar-refractivity contribution in [2.24, 2.45) is 0 Å². The van der Waals surface area contributed by atoms with E-state index in [4.69, 9.17) is 9.84 Å². The van der Waals surface area contributed by atoms with Crippen LogP contribution in [0.25, 0.3) is 0 Å². The van der Waals surface area contributed by atoms with E-state index in [2.05, 4.69) is 41.1 Å². The molecule has 0 aromatic carbocycles. The minimum atomic E-state index is 0.178. The van der Waals surface area contributed by atoms with Gasteiger partial charge in [0.25, 0.3) is 0 Å². The van der Waals surface area contributed by atoms with E-state index in [1.165, 1.54) is 47.1 Å². The first-order valence-electron chi connectivity index (χ1n) is 8.09. The lowest BCUT2D eigenvalue weighted by Gasteiger charge is -2.38. The molecule has 1 unspecified atom stereocenters. The van der Waals surface area contributed by atoms with Gasteiger partial charge in [-0.25, -0.2) is 0 Å². The predicted molar refractivity (Wildman–Crippen MR) is 89.1 cm³/mol. The average Bonchev–Trinajstić information content (AvgIpc) is 3.03. The molecule has 0 amide bonds. The van der Waals surface area contributed by atoms with Crippen LogP contribution in [0.4, 0.5) is 0 Å². The Morgan fingerprint density at radius 3 is 2.70 bits per heavy atom. The van der Waals surface area contributed by atoms with E-state index in [0.717, 1.165) is 25.9 Å². The Balaban J connectivity index is 1.88. The van der Waals surface area contributed by atoms with Crippen LogP contribution in [-0.4, -0.2) is 22.0 Å². The molecular weight excluding hydrogens is 363 g/mol. The van der Waals surface area contributed by atoms with Crippen LogP contribution >= 0.6 is 22.6 Å². The van der Waals surface area contributed by atoms with E-state index in [1.807, 2.05) is 0 Å². The summed E-state index contributed by atoms with van der Waals surface area (Å²) in [5.41, 5.74) is 2.88. The average molecular weight is 388 g/mol. The van der Waals surface area contributed by atoms with Crippen LogP contribution in [-0.2, 0) is 17.6 Å². The number of hydrogen-bond acceptors (Lipinski definition) is 2. The second-order valence-electron chi connectivity index (χ2n) is 6.24. The molecule has 1 aliphatic carbocycles. The van der Waals surface area contributed by atoms with Crippen molar-refractivity contribution < 1.29 is 4.74 Å². The molecule has 20 heavy (non-hydrogen) atoms. The van der Waals surface area contributed by atoms with Gasteiger partial charge in [-0.2, -0.15) is 5.10 Å². The number of nitrogens with zero attached hydrogens (tertiary/aromatic N) is 2. The van der Waals surface area contributed by atoms with Crippen LogP contribution < -0.4 is 0 Å². The molecule has 0 bridgehead atoms. The van der Waals surface area contributed by atoms with E-state index in [9.17, 15) is 0 Å². The number of hydrogen-bond donors (Lipinski definition) is 0. The van der Waals surface area contributed by atoms with Gasteiger partial charge in [0.05, 0.1) is 26.6 Å². The molecule has 1 aromatic heterocycles. The van der Waals surface area contributed by atoms with Crippen LogP contribution in [0.15, 0.2) is 0 Å². The second-order valence-corrected chi connectivity index (χ2v) is 7.32. The van der Waals surface area contributed by atoms with Crippen molar-refractivity contribution >= 4 is 22.6 Å². The van der Waals surface area contributed by atoms with Gasteiger partial charge in [-0.3, -0.25) is 4.68 Å². The molecule has 1 aliphatic heterocycles. The maximum atomic E-state index is 6.17. The number of aromatic nitrogens is 2. The van der Waals surface area contributed by atoms with E-state index >= 15 is 0 Å². The number of aryl methyl sites for hydroxylation is 1. The third-order valence-corrected chi connectivity index (χ3v) is 6.25. The Hall–Kier alpha value is -0.100. The Bertz CT molecular complexity index is 477. The highest BCUT2D eigenvalue weighted by molar-refractivity contribution is 14.1. The zero-order chi connectivity index (χ0) is 14.2. The molecule has 0 N–H and O–H groups in total. The van der Waals surface area contributed by atoms with E-state index in [0.29, 0.717) is 6.04 Å². The highest BCUT2D eigenvalue weighted by Crippen LogP contribution is 2.44. The molecule has 0 radical (unpaired) electrons. The third kappa shape index (κ3) is 2.54. The summed E-state index contributed by atoms with van der Waals surface area (Å²) in [6.45, 7) is 5.36. The smallest absolute Gasteiger partial charge is 0.0758 e. The first-order valence-corrected chi connectivity index (χ1v) is 9.16. The zero-order valence-corrected chi connectivity index (χ0v) is 14.8. The van der Waals surface area contributed by atoms with Gasteiger partial charge in [0, 0.05) is 6.61 Å². The Morgan fingerprint density at radius 1 is 1.30 bits per heavy atom. The molecule has 1 spiro atoms. The summed E-state index contributed by atoms with van der Waals surface area (Å²) >= 11 is 2.48. The molecule has 1 saturated carbocycles. The van der Waals surface area contributed by atoms with Gasteiger partial charge in [0.15, 0.2) is 0 Å². The molecule has 2 heterocycles. The van der Waals surface area contributed by atoms with Crippen LogP contribution in [0.5, 0.6) is 0 Å². The Labute approximate surface area is 135 Å². The van der Waals surface area contributed by atoms with Gasteiger partial charge in [0.2, 0.25) is 0 Å². The summed E-state index contributed by atoms with van der Waals surface area (Å²) in [7, 11) is 0. The van der Waals surface area contributed by atoms with Crippen LogP contribution in [0.2, 0.25) is 0 Å². The van der Waals surface area contributed by atoms with Gasteiger partial charge in [0.1, 0.15) is 0 Å². The van der Waals surface area contributed by atoms with Crippen molar-refractivity contribution in [3.05, 3.63) is 15.0 Å². The third-order valence-electron chi connectivity index (χ3n) is 5.01. The molecule has 3 nitrogen and oxygen atoms in total. The molecule has 1 saturated heterocycles. The molecule has 3 rings (SSSR count). The summed E-state index contributed by atoms with van der Waals surface area (Å²) < 4.78 is 9.91. The largest absolute Gasteiger partial charge is 0.375 e. The standard InChI is InChI=1S/C16H25IN2O/c1-3-13-15(17)14(4-2)19(18-13)12-7-10-20-16(11-12)8-5-6-9-16/h12H,3-11H2,1-2H3. The van der Waals surface area contributed by atoms with Crippen molar-refractivity contribution in [1.82, 2.24) is 9.78 Å². The Morgan fingerprint density at radius 2 is 2.05 bits per heavy atom. The number of halogens is 1. The maximum absolute atomic E-state index is 6.17. The Kier molecular flexibility index (Phi) is 4.41. The highest BCUT2D eigenvalue weighted by Gasteiger charge is 2.41. The van der Waals surface area contributed by atoms with Crippen molar-refractivity contribution in [3.63, 3.8) is 0 Å². The zero-order valence-electron chi connectivity index (χ0n) is 12.6. The van der Waals surface area contributed by atoms with Crippen molar-refractivity contribution in [3.8, 4) is 0 Å². The van der Waals surface area contributed by atoms with Crippen molar-refractivity contribution in [1.29, 1.82) is 0 Å². The lowest BCUT2D eigenvalue weighted by atomic mass is 9.89. The summed E-state index contributed by atoms with van der Waals surface area (Å²) in [6.07, 6.45) is 9.58. The van der Waals surface area contributed by atoms with Crippen LogP contribution in [0.3, 0.4) is 0 Å². The van der Waals surface area contributed by atoms with Gasteiger partial charge in [-0.15, -0.1) is 0 Å². The van der Waals surface area contributed by atoms with Crippen LogP contribution in [0.1, 0.15) is 69.8 Å². The fourth-order valence-electron chi connectivity index (χ4n) is 3.93. The molecule has 1 aromatic rings. The molecule has 2 fully saturated rings. The molecule has 1 atom stereocenters. The summed E-state index contributed by atoms with van der Waals surface area (Å²) in [6, 6.07) is 0.547. The van der Waals surface area contributed by atoms with Gasteiger partial charge in [-0.05, 0) is 61.1 Å². The maximum Gasteiger partial charge on any atom is 0.0758 e. The molecule has 4 heteroatoms.